The van der Waals surface area contributed by atoms with Gasteiger partial charge in [0.05, 0.1) is 10.6 Å². The summed E-state index contributed by atoms with van der Waals surface area (Å²) in [7, 11) is -0.653. The van der Waals surface area contributed by atoms with Crippen LogP contribution in [-0.4, -0.2) is 66.5 Å². The Labute approximate surface area is 204 Å². The summed E-state index contributed by atoms with van der Waals surface area (Å²) in [6.07, 6.45) is 0.249. The first-order valence-corrected chi connectivity index (χ1v) is 12.9. The first-order valence-electron chi connectivity index (χ1n) is 11.0. The second kappa shape index (κ2) is 9.67. The van der Waals surface area contributed by atoms with E-state index in [9.17, 15) is 12.8 Å². The smallest absolute Gasteiger partial charge is 0.242 e. The maximum absolute atomic E-state index is 13.6. The fourth-order valence-corrected chi connectivity index (χ4v) is 5.50. The zero-order valence-corrected chi connectivity index (χ0v) is 21.2. The highest BCUT2D eigenvalue weighted by Gasteiger charge is 2.27. The molecule has 3 aromatic rings. The van der Waals surface area contributed by atoms with Crippen LogP contribution in [0, 0.1) is 10.6 Å². The molecule has 1 aromatic heterocycles. The predicted molar refractivity (Wildman–Crippen MR) is 129 cm³/mol. The molecule has 4 rings (SSSR count). The van der Waals surface area contributed by atoms with Crippen molar-refractivity contribution in [1.82, 2.24) is 18.7 Å². The van der Waals surface area contributed by atoms with Crippen molar-refractivity contribution in [2.24, 2.45) is 0 Å². The summed E-state index contributed by atoms with van der Waals surface area (Å²) in [6.45, 7) is 6.28. The Morgan fingerprint density at radius 3 is 2.41 bits per heavy atom. The fourth-order valence-electron chi connectivity index (χ4n) is 4.26. The van der Waals surface area contributed by atoms with Crippen molar-refractivity contribution in [3.63, 3.8) is 0 Å². The highest BCUT2D eigenvalue weighted by molar-refractivity contribution is 7.89. The number of quaternary nitrogens is 1. The highest BCUT2D eigenvalue weighted by Crippen LogP contribution is 2.26. The van der Waals surface area contributed by atoms with Gasteiger partial charge in [0.25, 0.3) is 0 Å². The molecule has 1 aliphatic heterocycles. The molecule has 0 spiro atoms. The quantitative estimate of drug-likeness (QED) is 0.519. The summed E-state index contributed by atoms with van der Waals surface area (Å²) < 4.78 is 50.0. The molecule has 1 aliphatic rings. The van der Waals surface area contributed by atoms with Crippen molar-refractivity contribution >= 4 is 22.2 Å². The van der Waals surface area contributed by atoms with Gasteiger partial charge in [0.2, 0.25) is 14.8 Å². The lowest BCUT2D eigenvalue weighted by molar-refractivity contribution is -0.937. The molecule has 8 nitrogen and oxygen atoms in total. The zero-order chi connectivity index (χ0) is 24.6. The van der Waals surface area contributed by atoms with Crippen molar-refractivity contribution < 1.29 is 22.4 Å². The Morgan fingerprint density at radius 1 is 1.15 bits per heavy atom. The Morgan fingerprint density at radius 2 is 1.79 bits per heavy atom. The van der Waals surface area contributed by atoms with Crippen LogP contribution >= 0.6 is 12.2 Å². The lowest BCUT2D eigenvalue weighted by atomic mass is 10.2. The molecular weight excluding hydrogens is 477 g/mol. The number of rotatable bonds is 6. The van der Waals surface area contributed by atoms with Gasteiger partial charge in [0.15, 0.2) is 12.5 Å². The van der Waals surface area contributed by atoms with Gasteiger partial charge >= 0.3 is 0 Å². The molecule has 2 aromatic carbocycles. The van der Waals surface area contributed by atoms with Crippen LogP contribution in [0.1, 0.15) is 13.8 Å². The van der Waals surface area contributed by atoms with Crippen LogP contribution in [0.5, 0.6) is 0 Å². The van der Waals surface area contributed by atoms with E-state index >= 15 is 0 Å². The molecule has 2 heterocycles. The number of morpholine rings is 1. The maximum Gasteiger partial charge on any atom is 0.242 e. The van der Waals surface area contributed by atoms with Crippen LogP contribution in [0.3, 0.4) is 0 Å². The van der Waals surface area contributed by atoms with E-state index in [1.165, 1.54) is 35.4 Å². The zero-order valence-electron chi connectivity index (χ0n) is 19.6. The maximum atomic E-state index is 13.6. The summed E-state index contributed by atoms with van der Waals surface area (Å²) in [5.41, 5.74) is 1.24. The normalized spacial score (nSPS) is 21.2. The minimum absolute atomic E-state index is 0.125. The minimum Gasteiger partial charge on any atom is -0.364 e. The van der Waals surface area contributed by atoms with E-state index in [2.05, 4.69) is 0 Å². The van der Waals surface area contributed by atoms with Crippen LogP contribution in [0.15, 0.2) is 53.4 Å². The molecular formula is C23H29FN5O3S2+. The molecule has 0 saturated carbocycles. The van der Waals surface area contributed by atoms with Gasteiger partial charge in [-0.1, -0.05) is 12.1 Å². The molecule has 1 unspecified atom stereocenters. The lowest BCUT2D eigenvalue weighted by Gasteiger charge is -2.32. The molecule has 1 fully saturated rings. The van der Waals surface area contributed by atoms with E-state index in [4.69, 9.17) is 22.1 Å². The van der Waals surface area contributed by atoms with Crippen LogP contribution in [-0.2, 0) is 21.4 Å². The minimum atomic E-state index is -3.63. The summed E-state index contributed by atoms with van der Waals surface area (Å²) >= 11 is 5.80. The summed E-state index contributed by atoms with van der Waals surface area (Å²) in [6, 6.07) is 12.6. The van der Waals surface area contributed by atoms with E-state index in [1.807, 2.05) is 13.8 Å². The number of aromatic nitrogens is 3. The van der Waals surface area contributed by atoms with E-state index in [0.717, 1.165) is 13.1 Å². The van der Waals surface area contributed by atoms with Gasteiger partial charge in [-0.25, -0.2) is 17.1 Å². The number of nitrogens with one attached hydrogen (secondary N) is 1. The average Bonchev–Trinajstić information content (AvgIpc) is 3.09. The van der Waals surface area contributed by atoms with Gasteiger partial charge in [-0.3, -0.25) is 4.57 Å². The Hall–Kier alpha value is -2.44. The summed E-state index contributed by atoms with van der Waals surface area (Å²) in [5.74, 6) is 0.130. The number of nitrogens with zero attached hydrogens (tertiary/aromatic N) is 4. The van der Waals surface area contributed by atoms with Crippen LogP contribution in [0.25, 0.3) is 17.1 Å². The molecule has 34 heavy (non-hydrogen) atoms. The lowest BCUT2D eigenvalue weighted by Crippen LogP contribution is -3.14. The highest BCUT2D eigenvalue weighted by atomic mass is 32.2. The largest absolute Gasteiger partial charge is 0.364 e. The number of halogens is 1. The molecule has 0 radical (unpaired) electrons. The molecule has 0 aliphatic carbocycles. The number of hydrogen-bond acceptors (Lipinski definition) is 5. The van der Waals surface area contributed by atoms with Crippen LogP contribution in [0.4, 0.5) is 4.39 Å². The van der Waals surface area contributed by atoms with Crippen LogP contribution in [0.2, 0.25) is 0 Å². The molecule has 182 valence electrons. The summed E-state index contributed by atoms with van der Waals surface area (Å²) in [4.78, 5) is 1.43. The van der Waals surface area contributed by atoms with E-state index in [0.29, 0.717) is 28.5 Å². The van der Waals surface area contributed by atoms with Gasteiger partial charge in [-0.15, -0.1) is 5.10 Å². The second-order valence-corrected chi connectivity index (χ2v) is 11.3. The third-order valence-corrected chi connectivity index (χ3v) is 7.99. The average molecular weight is 507 g/mol. The number of ether oxygens (including phenoxy) is 1. The van der Waals surface area contributed by atoms with Gasteiger partial charge < -0.3 is 9.64 Å². The van der Waals surface area contributed by atoms with Gasteiger partial charge in [0, 0.05) is 19.7 Å². The standard InChI is InChI=1S/C23H28FN5O3S2/c1-16-13-27(14-17(2)32-16)15-28-23(33)29(20-10-8-19(24)9-11-20)22(25-28)18-6-5-7-21(12-18)34(30,31)26(3)4/h5-12,16-17H,13-15H2,1-4H3/p+1/t16-,17+. The molecule has 0 amide bonds. The Bertz CT molecular complexity index is 1330. The van der Waals surface area contributed by atoms with Crippen LogP contribution < -0.4 is 4.90 Å². The van der Waals surface area contributed by atoms with Gasteiger partial charge in [0.1, 0.15) is 31.1 Å². The van der Waals surface area contributed by atoms with E-state index in [-0.39, 0.29) is 22.9 Å². The molecule has 0 bridgehead atoms. The number of sulfonamides is 1. The molecule has 1 N–H and O–H groups in total. The van der Waals surface area contributed by atoms with Crippen molar-refractivity contribution in [2.75, 3.05) is 27.2 Å². The first-order chi connectivity index (χ1) is 16.1. The fraction of sp³-hybridized carbons (Fsp3) is 0.391. The third-order valence-electron chi connectivity index (χ3n) is 5.79. The van der Waals surface area contributed by atoms with E-state index in [1.54, 1.807) is 45.6 Å². The van der Waals surface area contributed by atoms with Crippen molar-refractivity contribution in [3.8, 4) is 17.1 Å². The number of benzene rings is 2. The van der Waals surface area contributed by atoms with Crippen molar-refractivity contribution in [2.45, 2.75) is 37.6 Å². The topological polar surface area (TPSA) is 73.8 Å². The SMILES string of the molecule is C[C@@H]1C[NH+](Cn2nc(-c3cccc(S(=O)(=O)N(C)C)c3)n(-c3ccc(F)cc3)c2=S)C[C@H](C)O1. The first kappa shape index (κ1) is 24.7. The summed E-state index contributed by atoms with van der Waals surface area (Å²) in [5, 5.41) is 4.80. The van der Waals surface area contributed by atoms with E-state index < -0.39 is 10.0 Å². The third kappa shape index (κ3) is 4.98. The number of hydrogen-bond donors (Lipinski definition) is 1. The Balaban J connectivity index is 1.83. The Kier molecular flexibility index (Phi) is 7.02. The van der Waals surface area contributed by atoms with Gasteiger partial charge in [-0.05, 0) is 62.5 Å². The predicted octanol–water partition coefficient (Wildman–Crippen LogP) is 2.11. The van der Waals surface area contributed by atoms with Crippen molar-refractivity contribution in [3.05, 3.63) is 59.1 Å². The molecule has 11 heteroatoms. The monoisotopic (exact) mass is 506 g/mol. The molecule has 3 atom stereocenters. The van der Waals surface area contributed by atoms with Crippen molar-refractivity contribution in [1.29, 1.82) is 0 Å². The van der Waals surface area contributed by atoms with Gasteiger partial charge in [-0.2, -0.15) is 4.68 Å². The second-order valence-electron chi connectivity index (χ2n) is 8.81. The molecule has 1 saturated heterocycles.